The fraction of sp³-hybridized carbons (Fsp3) is 0.214. The van der Waals surface area contributed by atoms with Crippen molar-refractivity contribution in [3.63, 3.8) is 0 Å². The highest BCUT2D eigenvalue weighted by Crippen LogP contribution is 2.34. The highest BCUT2D eigenvalue weighted by Gasteiger charge is 2.38. The van der Waals surface area contributed by atoms with Crippen LogP contribution in [0.15, 0.2) is 47.3 Å². The summed E-state index contributed by atoms with van der Waals surface area (Å²) < 4.78 is 42.8. The van der Waals surface area contributed by atoms with Crippen LogP contribution in [-0.2, 0) is 0 Å². The Morgan fingerprint density at radius 1 is 1.29 bits per heavy atom. The fourth-order valence-corrected chi connectivity index (χ4v) is 1.98. The molecule has 0 amide bonds. The summed E-state index contributed by atoms with van der Waals surface area (Å²) in [6.07, 6.45) is 2.81. The van der Waals surface area contributed by atoms with E-state index < -0.39 is 12.1 Å². The summed E-state index contributed by atoms with van der Waals surface area (Å²) in [5.41, 5.74) is 1.18. The van der Waals surface area contributed by atoms with E-state index >= 15 is 0 Å². The molecule has 0 saturated carbocycles. The van der Waals surface area contributed by atoms with Crippen molar-refractivity contribution in [3.8, 4) is 11.5 Å². The van der Waals surface area contributed by atoms with Crippen LogP contribution in [0, 0.1) is 5.92 Å². The molecule has 3 rings (SSSR count). The summed E-state index contributed by atoms with van der Waals surface area (Å²) in [4.78, 5) is 8.11. The summed E-state index contributed by atoms with van der Waals surface area (Å²) >= 11 is 0. The van der Waals surface area contributed by atoms with Crippen molar-refractivity contribution in [1.29, 1.82) is 0 Å². The number of aromatic nitrogens is 3. The van der Waals surface area contributed by atoms with E-state index in [-0.39, 0.29) is 18.1 Å². The average molecular weight is 293 g/mol. The van der Waals surface area contributed by atoms with E-state index in [1.807, 2.05) is 0 Å². The van der Waals surface area contributed by atoms with E-state index in [1.165, 1.54) is 12.2 Å². The topological polar surface area (TPSA) is 51.8 Å². The first kappa shape index (κ1) is 13.5. The van der Waals surface area contributed by atoms with Gasteiger partial charge in [-0.15, -0.1) is 0 Å². The van der Waals surface area contributed by atoms with Gasteiger partial charge in [-0.1, -0.05) is 23.4 Å². The van der Waals surface area contributed by atoms with Crippen molar-refractivity contribution in [2.75, 3.05) is 0 Å². The Morgan fingerprint density at radius 2 is 2.14 bits per heavy atom. The van der Waals surface area contributed by atoms with Crippen molar-refractivity contribution < 1.29 is 17.7 Å². The Bertz CT molecular complexity index is 689. The number of alkyl halides is 3. The molecule has 7 heteroatoms. The minimum absolute atomic E-state index is 0.119. The molecule has 0 aliphatic heterocycles. The maximum Gasteiger partial charge on any atom is 0.395 e. The van der Waals surface area contributed by atoms with E-state index in [4.69, 9.17) is 4.52 Å². The number of hydrogen-bond donors (Lipinski definition) is 0. The van der Waals surface area contributed by atoms with Gasteiger partial charge in [-0.25, -0.2) is 0 Å². The first-order valence-corrected chi connectivity index (χ1v) is 6.23. The van der Waals surface area contributed by atoms with E-state index in [2.05, 4.69) is 15.1 Å². The molecule has 0 bridgehead atoms. The van der Waals surface area contributed by atoms with Crippen LogP contribution >= 0.6 is 0 Å². The summed E-state index contributed by atoms with van der Waals surface area (Å²) in [7, 11) is 0. The normalized spacial score (nSPS) is 18.6. The summed E-state index contributed by atoms with van der Waals surface area (Å²) in [5.74, 6) is -0.901. The largest absolute Gasteiger partial charge is 0.395 e. The van der Waals surface area contributed by atoms with Crippen LogP contribution in [0.3, 0.4) is 0 Å². The Morgan fingerprint density at radius 3 is 2.76 bits per heavy atom. The molecule has 108 valence electrons. The van der Waals surface area contributed by atoms with Crippen molar-refractivity contribution in [1.82, 2.24) is 15.1 Å². The van der Waals surface area contributed by atoms with Crippen LogP contribution in [0.2, 0.25) is 0 Å². The van der Waals surface area contributed by atoms with E-state index in [0.717, 1.165) is 6.08 Å². The third kappa shape index (κ3) is 2.86. The third-order valence-corrected chi connectivity index (χ3v) is 3.11. The lowest BCUT2D eigenvalue weighted by atomic mass is 9.96. The molecule has 1 aliphatic carbocycles. The summed E-state index contributed by atoms with van der Waals surface area (Å²) in [6, 6.07) is 3.49. The van der Waals surface area contributed by atoms with E-state index in [1.54, 1.807) is 24.5 Å². The summed E-state index contributed by atoms with van der Waals surface area (Å²) in [6.45, 7) is 0. The van der Waals surface area contributed by atoms with Gasteiger partial charge in [0.15, 0.2) is 0 Å². The van der Waals surface area contributed by atoms with Gasteiger partial charge in [0.2, 0.25) is 5.82 Å². The Kier molecular flexibility index (Phi) is 3.32. The predicted octanol–water partition coefficient (Wildman–Crippen LogP) is 3.65. The molecule has 0 spiro atoms. The fourth-order valence-electron chi connectivity index (χ4n) is 1.98. The molecule has 0 aromatic carbocycles. The molecule has 1 atom stereocenters. The Balaban J connectivity index is 1.80. The second-order valence-electron chi connectivity index (χ2n) is 4.57. The molecular weight excluding hydrogens is 283 g/mol. The molecule has 0 saturated heterocycles. The summed E-state index contributed by atoms with van der Waals surface area (Å²) in [5, 5.41) is 3.79. The number of pyridine rings is 1. The van der Waals surface area contributed by atoms with Gasteiger partial charge in [-0.05, 0) is 18.6 Å². The third-order valence-electron chi connectivity index (χ3n) is 3.11. The van der Waals surface area contributed by atoms with Crippen molar-refractivity contribution in [3.05, 3.63) is 48.6 Å². The Labute approximate surface area is 118 Å². The van der Waals surface area contributed by atoms with Crippen LogP contribution in [0.1, 0.15) is 12.2 Å². The molecule has 2 heterocycles. The zero-order chi connectivity index (χ0) is 14.9. The minimum atomic E-state index is -4.23. The van der Waals surface area contributed by atoms with Gasteiger partial charge in [0.25, 0.3) is 5.89 Å². The van der Waals surface area contributed by atoms with Gasteiger partial charge in [0.05, 0.1) is 11.5 Å². The van der Waals surface area contributed by atoms with Gasteiger partial charge in [-0.2, -0.15) is 18.2 Å². The first-order valence-electron chi connectivity index (χ1n) is 6.23. The maximum atomic E-state index is 12.6. The van der Waals surface area contributed by atoms with Crippen molar-refractivity contribution in [2.24, 2.45) is 5.92 Å². The molecule has 0 fully saturated rings. The predicted molar refractivity (Wildman–Crippen MR) is 68.8 cm³/mol. The standard InChI is InChI=1S/C14H10F3N3O/c15-14(16,17)11-5-3-9(4-6-11)12-19-13(21-20-12)10-2-1-7-18-8-10/h1-5,7-8,11H,6H2. The molecule has 2 aromatic rings. The van der Waals surface area contributed by atoms with Gasteiger partial charge in [0.1, 0.15) is 0 Å². The number of allylic oxidation sites excluding steroid dienone is 4. The smallest absolute Gasteiger partial charge is 0.334 e. The van der Waals surface area contributed by atoms with E-state index in [0.29, 0.717) is 11.1 Å². The zero-order valence-corrected chi connectivity index (χ0v) is 10.7. The first-order chi connectivity index (χ1) is 10.0. The second-order valence-corrected chi connectivity index (χ2v) is 4.57. The highest BCUT2D eigenvalue weighted by atomic mass is 19.4. The average Bonchev–Trinajstić information content (AvgIpc) is 2.97. The van der Waals surface area contributed by atoms with Gasteiger partial charge in [0, 0.05) is 18.0 Å². The number of halogens is 3. The molecule has 4 nitrogen and oxygen atoms in total. The molecule has 0 radical (unpaired) electrons. The number of nitrogens with zero attached hydrogens (tertiary/aromatic N) is 3. The quantitative estimate of drug-likeness (QED) is 0.848. The van der Waals surface area contributed by atoms with Crippen LogP contribution < -0.4 is 0 Å². The lowest BCUT2D eigenvalue weighted by molar-refractivity contribution is -0.160. The maximum absolute atomic E-state index is 12.6. The molecule has 0 N–H and O–H groups in total. The lowest BCUT2D eigenvalue weighted by Gasteiger charge is -2.17. The molecule has 2 aromatic heterocycles. The van der Waals surface area contributed by atoms with Gasteiger partial charge < -0.3 is 4.52 Å². The van der Waals surface area contributed by atoms with Crippen molar-refractivity contribution in [2.45, 2.75) is 12.6 Å². The van der Waals surface area contributed by atoms with Gasteiger partial charge >= 0.3 is 6.18 Å². The minimum Gasteiger partial charge on any atom is -0.334 e. The van der Waals surface area contributed by atoms with Crippen LogP contribution in [0.5, 0.6) is 0 Å². The van der Waals surface area contributed by atoms with E-state index in [9.17, 15) is 13.2 Å². The molecule has 21 heavy (non-hydrogen) atoms. The monoisotopic (exact) mass is 293 g/mol. The number of hydrogen-bond acceptors (Lipinski definition) is 4. The van der Waals surface area contributed by atoms with Crippen molar-refractivity contribution >= 4 is 5.57 Å². The molecule has 1 unspecified atom stereocenters. The number of rotatable bonds is 2. The Hall–Kier alpha value is -2.44. The van der Waals surface area contributed by atoms with Crippen LogP contribution in [0.25, 0.3) is 17.0 Å². The second kappa shape index (κ2) is 5.16. The lowest BCUT2D eigenvalue weighted by Crippen LogP contribution is -2.21. The molecular formula is C14H10F3N3O. The van der Waals surface area contributed by atoms with Crippen LogP contribution in [-0.4, -0.2) is 21.3 Å². The van der Waals surface area contributed by atoms with Gasteiger partial charge in [-0.3, -0.25) is 4.98 Å². The highest BCUT2D eigenvalue weighted by molar-refractivity contribution is 5.71. The SMILES string of the molecule is FC(F)(F)C1C=CC(c2noc(-c3cccnc3)n2)=CC1. The molecule has 1 aliphatic rings. The zero-order valence-electron chi connectivity index (χ0n) is 10.7. The van der Waals surface area contributed by atoms with Crippen LogP contribution in [0.4, 0.5) is 13.2 Å².